The normalized spacial score (nSPS) is 12.1. The first kappa shape index (κ1) is 15.8. The van der Waals surface area contributed by atoms with Crippen LogP contribution >= 0.6 is 0 Å². The monoisotopic (exact) mass is 278 g/mol. The van der Waals surface area contributed by atoms with Crippen molar-refractivity contribution in [1.82, 2.24) is 4.90 Å². The van der Waals surface area contributed by atoms with Gasteiger partial charge in [-0.25, -0.2) is 0 Å². The molecular weight excluding hydrogens is 260 g/mol. The lowest BCUT2D eigenvalue weighted by molar-refractivity contribution is -0.385. The first-order valence-electron chi connectivity index (χ1n) is 6.30. The van der Waals surface area contributed by atoms with Crippen molar-refractivity contribution in [3.05, 3.63) is 52.6 Å². The molecule has 1 atom stereocenters. The zero-order valence-corrected chi connectivity index (χ0v) is 11.4. The lowest BCUT2D eigenvalue weighted by Gasteiger charge is -2.28. The molecule has 1 unspecified atom stereocenters. The Bertz CT molecular complexity index is 502. The average molecular weight is 278 g/mol. The lowest BCUT2D eigenvalue weighted by Crippen LogP contribution is -2.33. The third-order valence-corrected chi connectivity index (χ3v) is 3.00. The third-order valence-electron chi connectivity index (χ3n) is 3.00. The summed E-state index contributed by atoms with van der Waals surface area (Å²) in [4.78, 5) is 23.0. The number of benzene rings is 1. The minimum Gasteiger partial charge on any atom is -0.480 e. The number of nitro benzene ring substituents is 1. The van der Waals surface area contributed by atoms with E-state index in [2.05, 4.69) is 6.58 Å². The van der Waals surface area contributed by atoms with Crippen molar-refractivity contribution in [2.75, 3.05) is 13.1 Å². The minimum atomic E-state index is -0.935. The molecule has 1 rings (SSSR count). The van der Waals surface area contributed by atoms with Crippen LogP contribution in [0.25, 0.3) is 0 Å². The molecule has 0 amide bonds. The van der Waals surface area contributed by atoms with Crippen LogP contribution in [-0.4, -0.2) is 34.0 Å². The number of carboxylic acid groups (broad SMARTS) is 1. The fourth-order valence-electron chi connectivity index (χ4n) is 2.19. The van der Waals surface area contributed by atoms with Crippen LogP contribution in [0.5, 0.6) is 0 Å². The molecule has 6 nitrogen and oxygen atoms in total. The Kier molecular flexibility index (Phi) is 5.86. The molecule has 108 valence electrons. The van der Waals surface area contributed by atoms with Crippen LogP contribution < -0.4 is 0 Å². The SMILES string of the molecule is C=CCN(CC(=O)O)C(CC)c1cccc([N+](=O)[O-])c1. The van der Waals surface area contributed by atoms with E-state index in [0.717, 1.165) is 5.56 Å². The van der Waals surface area contributed by atoms with E-state index in [0.29, 0.717) is 13.0 Å². The maximum atomic E-state index is 10.9. The summed E-state index contributed by atoms with van der Waals surface area (Å²) in [6.07, 6.45) is 2.28. The zero-order chi connectivity index (χ0) is 15.1. The quantitative estimate of drug-likeness (QED) is 0.449. The molecule has 0 fully saturated rings. The molecule has 0 aliphatic heterocycles. The van der Waals surface area contributed by atoms with Crippen molar-refractivity contribution >= 4 is 11.7 Å². The molecule has 0 aliphatic rings. The van der Waals surface area contributed by atoms with E-state index in [1.54, 1.807) is 23.1 Å². The lowest BCUT2D eigenvalue weighted by atomic mass is 10.0. The average Bonchev–Trinajstić information content (AvgIpc) is 2.39. The predicted octanol–water partition coefficient (Wildman–Crippen LogP) is 2.62. The van der Waals surface area contributed by atoms with Crippen LogP contribution in [0.2, 0.25) is 0 Å². The summed E-state index contributed by atoms with van der Waals surface area (Å²) in [5.41, 5.74) is 0.750. The fourth-order valence-corrected chi connectivity index (χ4v) is 2.19. The van der Waals surface area contributed by atoms with E-state index < -0.39 is 10.9 Å². The number of carbonyl (C=O) groups is 1. The van der Waals surface area contributed by atoms with Crippen molar-refractivity contribution in [2.24, 2.45) is 0 Å². The standard InChI is InChI=1S/C14H18N2O4/c1-3-8-15(10-14(17)18)13(4-2)11-6-5-7-12(9-11)16(19)20/h3,5-7,9,13H,1,4,8,10H2,2H3,(H,17,18). The van der Waals surface area contributed by atoms with Gasteiger partial charge < -0.3 is 5.11 Å². The maximum absolute atomic E-state index is 10.9. The second kappa shape index (κ2) is 7.40. The van der Waals surface area contributed by atoms with Gasteiger partial charge >= 0.3 is 5.97 Å². The first-order chi connectivity index (χ1) is 9.49. The van der Waals surface area contributed by atoms with E-state index in [4.69, 9.17) is 5.11 Å². The van der Waals surface area contributed by atoms with Crippen molar-refractivity contribution in [3.63, 3.8) is 0 Å². The molecule has 0 radical (unpaired) electrons. The van der Waals surface area contributed by atoms with Gasteiger partial charge in [0.2, 0.25) is 0 Å². The van der Waals surface area contributed by atoms with Crippen molar-refractivity contribution in [2.45, 2.75) is 19.4 Å². The van der Waals surface area contributed by atoms with Gasteiger partial charge in [0, 0.05) is 24.7 Å². The number of hydrogen-bond acceptors (Lipinski definition) is 4. The molecule has 6 heteroatoms. The summed E-state index contributed by atoms with van der Waals surface area (Å²) in [7, 11) is 0. The van der Waals surface area contributed by atoms with Crippen molar-refractivity contribution in [3.8, 4) is 0 Å². The largest absolute Gasteiger partial charge is 0.480 e. The van der Waals surface area contributed by atoms with Gasteiger partial charge in [-0.1, -0.05) is 25.1 Å². The molecule has 0 saturated heterocycles. The first-order valence-corrected chi connectivity index (χ1v) is 6.30. The maximum Gasteiger partial charge on any atom is 0.317 e. The number of aliphatic carboxylic acids is 1. The molecule has 0 aliphatic carbocycles. The van der Waals surface area contributed by atoms with E-state index in [-0.39, 0.29) is 18.3 Å². The number of carboxylic acids is 1. The van der Waals surface area contributed by atoms with Gasteiger partial charge in [0.25, 0.3) is 5.69 Å². The van der Waals surface area contributed by atoms with Crippen LogP contribution in [0.15, 0.2) is 36.9 Å². The molecule has 0 aromatic heterocycles. The van der Waals surface area contributed by atoms with Crippen molar-refractivity contribution in [1.29, 1.82) is 0 Å². The molecular formula is C14H18N2O4. The summed E-state index contributed by atoms with van der Waals surface area (Å²) in [6.45, 7) is 5.82. The van der Waals surface area contributed by atoms with E-state index in [1.165, 1.54) is 12.1 Å². The Morgan fingerprint density at radius 2 is 2.30 bits per heavy atom. The van der Waals surface area contributed by atoms with Gasteiger partial charge in [0.05, 0.1) is 11.5 Å². The molecule has 0 bridgehead atoms. The molecule has 0 spiro atoms. The molecule has 1 aromatic carbocycles. The highest BCUT2D eigenvalue weighted by molar-refractivity contribution is 5.69. The number of nitro groups is 1. The molecule has 0 saturated carbocycles. The summed E-state index contributed by atoms with van der Waals surface area (Å²) >= 11 is 0. The van der Waals surface area contributed by atoms with Gasteiger partial charge in [-0.3, -0.25) is 19.8 Å². The summed E-state index contributed by atoms with van der Waals surface area (Å²) in [5, 5.41) is 19.8. The Morgan fingerprint density at radius 3 is 2.80 bits per heavy atom. The van der Waals surface area contributed by atoms with Gasteiger partial charge in [-0.15, -0.1) is 6.58 Å². The third kappa shape index (κ3) is 4.17. The number of nitrogens with zero attached hydrogens (tertiary/aromatic N) is 2. The van der Waals surface area contributed by atoms with Gasteiger partial charge in [0.15, 0.2) is 0 Å². The summed E-state index contributed by atoms with van der Waals surface area (Å²) < 4.78 is 0. The molecule has 1 N–H and O–H groups in total. The smallest absolute Gasteiger partial charge is 0.317 e. The Balaban J connectivity index is 3.08. The van der Waals surface area contributed by atoms with Gasteiger partial charge in [-0.2, -0.15) is 0 Å². The fraction of sp³-hybridized carbons (Fsp3) is 0.357. The number of hydrogen-bond donors (Lipinski definition) is 1. The van der Waals surface area contributed by atoms with Crippen LogP contribution in [0, 0.1) is 10.1 Å². The van der Waals surface area contributed by atoms with Gasteiger partial charge in [-0.05, 0) is 12.0 Å². The van der Waals surface area contributed by atoms with Gasteiger partial charge in [0.1, 0.15) is 0 Å². The van der Waals surface area contributed by atoms with E-state index >= 15 is 0 Å². The second-order valence-corrected chi connectivity index (χ2v) is 4.39. The minimum absolute atomic E-state index is 0.00910. The highest BCUT2D eigenvalue weighted by Crippen LogP contribution is 2.26. The highest BCUT2D eigenvalue weighted by Gasteiger charge is 2.21. The summed E-state index contributed by atoms with van der Waals surface area (Å²) in [5.74, 6) is -0.935. The Hall–Kier alpha value is -2.21. The van der Waals surface area contributed by atoms with E-state index in [9.17, 15) is 14.9 Å². The molecule has 20 heavy (non-hydrogen) atoms. The summed E-state index contributed by atoms with van der Waals surface area (Å²) in [6, 6.07) is 6.11. The van der Waals surface area contributed by atoms with Crippen LogP contribution in [0.3, 0.4) is 0 Å². The second-order valence-electron chi connectivity index (χ2n) is 4.39. The number of non-ortho nitro benzene ring substituents is 1. The predicted molar refractivity (Wildman–Crippen MR) is 75.5 cm³/mol. The van der Waals surface area contributed by atoms with Crippen LogP contribution in [-0.2, 0) is 4.79 Å². The Morgan fingerprint density at radius 1 is 1.60 bits per heavy atom. The zero-order valence-electron chi connectivity index (χ0n) is 11.4. The Labute approximate surface area is 117 Å². The van der Waals surface area contributed by atoms with Crippen molar-refractivity contribution < 1.29 is 14.8 Å². The molecule has 1 aromatic rings. The number of rotatable bonds is 8. The van der Waals surface area contributed by atoms with Crippen LogP contribution in [0.4, 0.5) is 5.69 Å². The van der Waals surface area contributed by atoms with Crippen LogP contribution in [0.1, 0.15) is 24.9 Å². The molecule has 0 heterocycles. The van der Waals surface area contributed by atoms with E-state index in [1.807, 2.05) is 6.92 Å². The topological polar surface area (TPSA) is 83.7 Å². The highest BCUT2D eigenvalue weighted by atomic mass is 16.6.